The van der Waals surface area contributed by atoms with Gasteiger partial charge in [-0.15, -0.1) is 0 Å². The summed E-state index contributed by atoms with van der Waals surface area (Å²) in [4.78, 5) is 0. The summed E-state index contributed by atoms with van der Waals surface area (Å²) < 4.78 is 5.72. The molecule has 2 rings (SSSR count). The van der Waals surface area contributed by atoms with Crippen molar-refractivity contribution in [1.29, 1.82) is 0 Å². The molecule has 3 heteroatoms. The maximum absolute atomic E-state index is 5.94. The van der Waals surface area contributed by atoms with Gasteiger partial charge in [0.15, 0.2) is 0 Å². The first kappa shape index (κ1) is 15.0. The topological polar surface area (TPSA) is 47.3 Å². The lowest BCUT2D eigenvalue weighted by atomic mass is 9.83. The molecule has 0 bridgehead atoms. The Morgan fingerprint density at radius 2 is 1.90 bits per heavy atom. The smallest absolute Gasteiger partial charge is 0.123 e. The minimum Gasteiger partial charge on any atom is -0.491 e. The van der Waals surface area contributed by atoms with Crippen LogP contribution in [0.3, 0.4) is 0 Å². The van der Waals surface area contributed by atoms with E-state index in [1.165, 1.54) is 25.7 Å². The van der Waals surface area contributed by atoms with E-state index in [0.29, 0.717) is 0 Å². The minimum atomic E-state index is 0.171. The number of nitrogens with one attached hydrogen (secondary N) is 1. The van der Waals surface area contributed by atoms with Gasteiger partial charge in [-0.2, -0.15) is 0 Å². The molecule has 0 unspecified atom stereocenters. The molecule has 1 fully saturated rings. The van der Waals surface area contributed by atoms with Crippen LogP contribution in [0.5, 0.6) is 5.75 Å². The molecule has 1 aromatic carbocycles. The van der Waals surface area contributed by atoms with E-state index >= 15 is 0 Å². The average Bonchev–Trinajstić information content (AvgIpc) is 2.36. The molecule has 112 valence electrons. The largest absolute Gasteiger partial charge is 0.491 e. The van der Waals surface area contributed by atoms with Crippen molar-refractivity contribution >= 4 is 11.4 Å². The van der Waals surface area contributed by atoms with Crippen LogP contribution in [0.25, 0.3) is 0 Å². The summed E-state index contributed by atoms with van der Waals surface area (Å²) in [6.07, 6.45) is 5.58. The van der Waals surface area contributed by atoms with Gasteiger partial charge < -0.3 is 15.8 Å². The first-order valence-corrected chi connectivity index (χ1v) is 7.84. The molecule has 0 aliphatic heterocycles. The third kappa shape index (κ3) is 4.62. The fraction of sp³-hybridized carbons (Fsp3) is 0.647. The average molecular weight is 276 g/mol. The maximum atomic E-state index is 5.94. The van der Waals surface area contributed by atoms with Gasteiger partial charge in [0.05, 0.1) is 6.10 Å². The van der Waals surface area contributed by atoms with E-state index in [-0.39, 0.29) is 6.10 Å². The van der Waals surface area contributed by atoms with Gasteiger partial charge in [0.1, 0.15) is 5.75 Å². The van der Waals surface area contributed by atoms with Gasteiger partial charge in [-0.1, -0.05) is 19.8 Å². The Kier molecular flexibility index (Phi) is 5.16. The normalized spacial score (nSPS) is 22.8. The Labute approximate surface area is 122 Å². The van der Waals surface area contributed by atoms with Crippen molar-refractivity contribution in [2.75, 3.05) is 17.6 Å². The third-order valence-electron chi connectivity index (χ3n) is 4.03. The summed E-state index contributed by atoms with van der Waals surface area (Å²) in [5.74, 6) is 2.55. The second-order valence-electron chi connectivity index (χ2n) is 6.46. The molecule has 1 aliphatic carbocycles. The zero-order valence-corrected chi connectivity index (χ0v) is 13.0. The molecule has 0 spiro atoms. The van der Waals surface area contributed by atoms with Crippen LogP contribution < -0.4 is 15.8 Å². The summed E-state index contributed by atoms with van der Waals surface area (Å²) in [7, 11) is 0. The van der Waals surface area contributed by atoms with Gasteiger partial charge in [-0.25, -0.2) is 0 Å². The highest BCUT2D eigenvalue weighted by Gasteiger charge is 2.17. The fourth-order valence-corrected chi connectivity index (χ4v) is 2.86. The predicted molar refractivity (Wildman–Crippen MR) is 86.2 cm³/mol. The number of benzene rings is 1. The highest BCUT2D eigenvalue weighted by Crippen LogP contribution is 2.29. The molecular formula is C17H28N2O. The summed E-state index contributed by atoms with van der Waals surface area (Å²) in [6.45, 7) is 7.45. The van der Waals surface area contributed by atoms with Gasteiger partial charge >= 0.3 is 0 Å². The van der Waals surface area contributed by atoms with Crippen LogP contribution in [0.15, 0.2) is 18.2 Å². The number of hydrogen-bond donors (Lipinski definition) is 2. The Bertz CT molecular complexity index is 423. The molecule has 0 heterocycles. The number of nitrogens with two attached hydrogens (primary N) is 1. The maximum Gasteiger partial charge on any atom is 0.123 e. The molecule has 0 radical (unpaired) electrons. The van der Waals surface area contributed by atoms with Crippen LogP contribution in [0.4, 0.5) is 11.4 Å². The van der Waals surface area contributed by atoms with E-state index in [1.54, 1.807) is 0 Å². The zero-order chi connectivity index (χ0) is 14.5. The molecule has 0 aromatic heterocycles. The van der Waals surface area contributed by atoms with E-state index in [1.807, 2.05) is 32.0 Å². The molecule has 0 amide bonds. The van der Waals surface area contributed by atoms with E-state index in [2.05, 4.69) is 12.2 Å². The highest BCUT2D eigenvalue weighted by atomic mass is 16.5. The van der Waals surface area contributed by atoms with Gasteiger partial charge in [0.2, 0.25) is 0 Å². The van der Waals surface area contributed by atoms with Crippen molar-refractivity contribution in [2.24, 2.45) is 11.8 Å². The highest BCUT2D eigenvalue weighted by molar-refractivity contribution is 5.59. The first-order chi connectivity index (χ1) is 9.52. The fourth-order valence-electron chi connectivity index (χ4n) is 2.86. The summed E-state index contributed by atoms with van der Waals surface area (Å²) in [5.41, 5.74) is 7.76. The van der Waals surface area contributed by atoms with Crippen LogP contribution >= 0.6 is 0 Å². The molecular weight excluding hydrogens is 248 g/mol. The standard InChI is InChI=1S/C17H28N2O/c1-12(2)20-17-9-15(18)8-16(10-17)19-11-14-6-4-13(3)5-7-14/h8-10,12-14,19H,4-7,11,18H2,1-3H3. The van der Waals surface area contributed by atoms with Gasteiger partial charge in [0.25, 0.3) is 0 Å². The Morgan fingerprint density at radius 1 is 1.20 bits per heavy atom. The number of ether oxygens (including phenoxy) is 1. The Hall–Kier alpha value is -1.38. The van der Waals surface area contributed by atoms with Crippen molar-refractivity contribution in [3.05, 3.63) is 18.2 Å². The van der Waals surface area contributed by atoms with Crippen molar-refractivity contribution in [1.82, 2.24) is 0 Å². The van der Waals surface area contributed by atoms with Crippen LogP contribution in [-0.2, 0) is 0 Å². The monoisotopic (exact) mass is 276 g/mol. The number of hydrogen-bond acceptors (Lipinski definition) is 3. The van der Waals surface area contributed by atoms with Gasteiger partial charge in [0, 0.05) is 30.1 Å². The number of anilines is 2. The quantitative estimate of drug-likeness (QED) is 0.788. The molecule has 3 nitrogen and oxygen atoms in total. The van der Waals surface area contributed by atoms with E-state index < -0.39 is 0 Å². The molecule has 1 aliphatic rings. The second-order valence-corrected chi connectivity index (χ2v) is 6.46. The van der Waals surface area contributed by atoms with Crippen LogP contribution in [0.2, 0.25) is 0 Å². The first-order valence-electron chi connectivity index (χ1n) is 7.84. The molecule has 3 N–H and O–H groups in total. The summed E-state index contributed by atoms with van der Waals surface area (Å²) in [6, 6.07) is 5.91. The molecule has 0 atom stereocenters. The summed E-state index contributed by atoms with van der Waals surface area (Å²) >= 11 is 0. The molecule has 1 aromatic rings. The lowest BCUT2D eigenvalue weighted by molar-refractivity contribution is 0.242. The minimum absolute atomic E-state index is 0.171. The van der Waals surface area contributed by atoms with Crippen molar-refractivity contribution in [2.45, 2.75) is 52.6 Å². The van der Waals surface area contributed by atoms with Gasteiger partial charge in [-0.3, -0.25) is 0 Å². The van der Waals surface area contributed by atoms with E-state index in [0.717, 1.165) is 35.5 Å². The van der Waals surface area contributed by atoms with Crippen LogP contribution in [0.1, 0.15) is 46.5 Å². The van der Waals surface area contributed by atoms with Crippen LogP contribution in [0, 0.1) is 11.8 Å². The Morgan fingerprint density at radius 3 is 2.55 bits per heavy atom. The Balaban J connectivity index is 1.90. The second kappa shape index (κ2) is 6.87. The SMILES string of the molecule is CC1CCC(CNc2cc(N)cc(OC(C)C)c2)CC1. The molecule has 0 saturated heterocycles. The third-order valence-corrected chi connectivity index (χ3v) is 4.03. The lowest BCUT2D eigenvalue weighted by Crippen LogP contribution is -2.20. The lowest BCUT2D eigenvalue weighted by Gasteiger charge is -2.26. The summed E-state index contributed by atoms with van der Waals surface area (Å²) in [5, 5.41) is 3.52. The van der Waals surface area contributed by atoms with Crippen molar-refractivity contribution < 1.29 is 4.74 Å². The number of rotatable bonds is 5. The van der Waals surface area contributed by atoms with Crippen molar-refractivity contribution in [3.8, 4) is 5.75 Å². The predicted octanol–water partition coefficient (Wildman–Crippen LogP) is 4.29. The van der Waals surface area contributed by atoms with E-state index in [9.17, 15) is 0 Å². The zero-order valence-electron chi connectivity index (χ0n) is 13.0. The molecule has 1 saturated carbocycles. The van der Waals surface area contributed by atoms with Gasteiger partial charge in [-0.05, 0) is 44.6 Å². The number of nitrogen functional groups attached to an aromatic ring is 1. The van der Waals surface area contributed by atoms with Crippen molar-refractivity contribution in [3.63, 3.8) is 0 Å². The van der Waals surface area contributed by atoms with Crippen LogP contribution in [-0.4, -0.2) is 12.6 Å². The molecule has 20 heavy (non-hydrogen) atoms. The van der Waals surface area contributed by atoms with E-state index in [4.69, 9.17) is 10.5 Å².